The van der Waals surface area contributed by atoms with Gasteiger partial charge in [-0.15, -0.1) is 22.9 Å². The highest BCUT2D eigenvalue weighted by Gasteiger charge is 2.39. The van der Waals surface area contributed by atoms with Crippen molar-refractivity contribution >= 4 is 22.9 Å². The average Bonchev–Trinajstić information content (AvgIpc) is 3.08. The molecule has 5 heteroatoms. The van der Waals surface area contributed by atoms with Gasteiger partial charge in [-0.25, -0.2) is 0 Å². The number of alkyl halides is 1. The molecule has 0 aromatic carbocycles. The van der Waals surface area contributed by atoms with Crippen LogP contribution in [0, 0.1) is 18.8 Å². The van der Waals surface area contributed by atoms with Gasteiger partial charge in [0.25, 0.3) is 0 Å². The van der Waals surface area contributed by atoms with Gasteiger partial charge >= 0.3 is 0 Å². The Hall–Kier alpha value is -0.390. The topological polar surface area (TPSA) is 60.7 Å². The van der Waals surface area contributed by atoms with Gasteiger partial charge in [-0.1, -0.05) is 12.2 Å². The van der Waals surface area contributed by atoms with Crippen molar-refractivity contribution in [1.29, 1.82) is 0 Å². The summed E-state index contributed by atoms with van der Waals surface area (Å²) in [6.45, 7) is 3.89. The second-order valence-electron chi connectivity index (χ2n) is 7.70. The summed E-state index contributed by atoms with van der Waals surface area (Å²) < 4.78 is 0. The average molecular weight is 401 g/mol. The van der Waals surface area contributed by atoms with Crippen LogP contribution in [-0.2, 0) is 6.42 Å². The lowest BCUT2D eigenvalue weighted by atomic mass is 9.89. The maximum atomic E-state index is 10.4. The Kier molecular flexibility index (Phi) is 9.11. The van der Waals surface area contributed by atoms with Crippen molar-refractivity contribution in [2.24, 2.45) is 11.8 Å². The zero-order valence-corrected chi connectivity index (χ0v) is 17.4. The summed E-state index contributed by atoms with van der Waals surface area (Å²) in [6.07, 6.45) is 8.39. The molecule has 3 N–H and O–H groups in total. The maximum Gasteiger partial charge on any atom is 0.0721 e. The summed E-state index contributed by atoms with van der Waals surface area (Å²) in [4.78, 5) is 2.75. The van der Waals surface area contributed by atoms with Crippen LogP contribution >= 0.6 is 22.9 Å². The van der Waals surface area contributed by atoms with Crippen LogP contribution in [0.25, 0.3) is 0 Å². The first kappa shape index (κ1) is 21.9. The van der Waals surface area contributed by atoms with Crippen molar-refractivity contribution in [2.75, 3.05) is 0 Å². The highest BCUT2D eigenvalue weighted by atomic mass is 35.5. The van der Waals surface area contributed by atoms with Crippen molar-refractivity contribution < 1.29 is 15.3 Å². The van der Waals surface area contributed by atoms with Gasteiger partial charge in [-0.05, 0) is 76.8 Å². The standard InChI is InChI=1S/C21H33ClO3S/c1-14(23)5-3-6-16(24)10-12-19-18(20(22)13-21(19)25)8-4-7-17-11-9-15(2)26-17/h9-12,14,16,18-21,23-25H,3-8,13H2,1-2H3/b12-10+/t14-,16+,18-,19-,20-,21-/m1/s1. The van der Waals surface area contributed by atoms with E-state index in [9.17, 15) is 15.3 Å². The van der Waals surface area contributed by atoms with E-state index in [1.165, 1.54) is 9.75 Å². The van der Waals surface area contributed by atoms with Gasteiger partial charge < -0.3 is 15.3 Å². The normalized spacial score (nSPS) is 28.7. The lowest BCUT2D eigenvalue weighted by molar-refractivity contribution is 0.138. The highest BCUT2D eigenvalue weighted by molar-refractivity contribution is 7.11. The number of hydrogen-bond donors (Lipinski definition) is 3. The zero-order chi connectivity index (χ0) is 19.1. The molecule has 1 aliphatic rings. The van der Waals surface area contributed by atoms with E-state index in [0.717, 1.165) is 25.7 Å². The summed E-state index contributed by atoms with van der Waals surface area (Å²) in [7, 11) is 0. The molecule has 1 aromatic heterocycles. The summed E-state index contributed by atoms with van der Waals surface area (Å²) in [5, 5.41) is 29.8. The molecule has 0 amide bonds. The lowest BCUT2D eigenvalue weighted by Crippen LogP contribution is -2.19. The monoisotopic (exact) mass is 400 g/mol. The van der Waals surface area contributed by atoms with E-state index in [2.05, 4.69) is 19.1 Å². The molecule has 6 atom stereocenters. The first-order chi connectivity index (χ1) is 12.4. The van der Waals surface area contributed by atoms with Gasteiger partial charge in [0.15, 0.2) is 0 Å². The molecule has 26 heavy (non-hydrogen) atoms. The van der Waals surface area contributed by atoms with E-state index < -0.39 is 12.2 Å². The molecular formula is C21H33ClO3S. The Balaban J connectivity index is 1.82. The molecule has 2 rings (SSSR count). The molecule has 0 saturated heterocycles. The number of hydrogen-bond acceptors (Lipinski definition) is 4. The van der Waals surface area contributed by atoms with Crippen molar-refractivity contribution in [3.8, 4) is 0 Å². The number of rotatable bonds is 10. The van der Waals surface area contributed by atoms with E-state index in [4.69, 9.17) is 11.6 Å². The van der Waals surface area contributed by atoms with Gasteiger partial charge in [0.2, 0.25) is 0 Å². The molecule has 1 heterocycles. The molecule has 0 bridgehead atoms. The molecule has 1 saturated carbocycles. The van der Waals surface area contributed by atoms with Gasteiger partial charge in [0.05, 0.1) is 18.3 Å². The van der Waals surface area contributed by atoms with Crippen LogP contribution in [0.5, 0.6) is 0 Å². The number of thiophene rings is 1. The number of aliphatic hydroxyl groups is 3. The van der Waals surface area contributed by atoms with Crippen LogP contribution < -0.4 is 0 Å². The van der Waals surface area contributed by atoms with E-state index >= 15 is 0 Å². The SMILES string of the molecule is Cc1ccc(CCC[C@@H]2[C@@H](/C=C/[C@@H](O)CCC[C@@H](C)O)[C@H](O)C[C@H]2Cl)s1. The minimum absolute atomic E-state index is 0.00268. The van der Waals surface area contributed by atoms with Gasteiger partial charge in [-0.3, -0.25) is 0 Å². The van der Waals surface area contributed by atoms with Gasteiger partial charge in [0, 0.05) is 21.0 Å². The fourth-order valence-electron chi connectivity index (χ4n) is 3.84. The molecular weight excluding hydrogens is 368 g/mol. The van der Waals surface area contributed by atoms with Gasteiger partial charge in [0.1, 0.15) is 0 Å². The lowest BCUT2D eigenvalue weighted by Gasteiger charge is -2.21. The molecule has 1 aromatic rings. The van der Waals surface area contributed by atoms with Crippen LogP contribution in [0.2, 0.25) is 0 Å². The summed E-state index contributed by atoms with van der Waals surface area (Å²) in [5.74, 6) is 0.280. The Labute approximate surface area is 166 Å². The Bertz CT molecular complexity index is 557. The smallest absolute Gasteiger partial charge is 0.0721 e. The fraction of sp³-hybridized carbons (Fsp3) is 0.714. The van der Waals surface area contributed by atoms with Crippen LogP contribution in [0.15, 0.2) is 24.3 Å². The summed E-state index contributed by atoms with van der Waals surface area (Å²) >= 11 is 8.35. The van der Waals surface area contributed by atoms with Crippen LogP contribution in [0.4, 0.5) is 0 Å². The van der Waals surface area contributed by atoms with Crippen LogP contribution in [-0.4, -0.2) is 39.0 Å². The quantitative estimate of drug-likeness (QED) is 0.401. The minimum Gasteiger partial charge on any atom is -0.393 e. The Morgan fingerprint density at radius 2 is 2.04 bits per heavy atom. The third kappa shape index (κ3) is 6.97. The summed E-state index contributed by atoms with van der Waals surface area (Å²) in [5.41, 5.74) is 0. The highest BCUT2D eigenvalue weighted by Crippen LogP contribution is 2.40. The van der Waals surface area contributed by atoms with Crippen molar-refractivity contribution in [3.63, 3.8) is 0 Å². The molecule has 1 fully saturated rings. The van der Waals surface area contributed by atoms with Crippen molar-refractivity contribution in [1.82, 2.24) is 0 Å². The van der Waals surface area contributed by atoms with E-state index in [1.807, 2.05) is 17.4 Å². The fourth-order valence-corrected chi connectivity index (χ4v) is 5.25. The van der Waals surface area contributed by atoms with E-state index in [0.29, 0.717) is 19.3 Å². The van der Waals surface area contributed by atoms with Crippen molar-refractivity contribution in [2.45, 2.75) is 82.5 Å². The number of aryl methyl sites for hydroxylation is 2. The zero-order valence-electron chi connectivity index (χ0n) is 15.9. The van der Waals surface area contributed by atoms with Crippen LogP contribution in [0.1, 0.15) is 55.2 Å². The maximum absolute atomic E-state index is 10.4. The third-order valence-corrected chi connectivity index (χ3v) is 6.87. The van der Waals surface area contributed by atoms with Gasteiger partial charge in [-0.2, -0.15) is 0 Å². The predicted octanol–water partition coefficient (Wildman–Crippen LogP) is 4.45. The minimum atomic E-state index is -0.523. The van der Waals surface area contributed by atoms with E-state index in [-0.39, 0.29) is 23.3 Å². The first-order valence-corrected chi connectivity index (χ1v) is 11.0. The number of halogens is 1. The second kappa shape index (κ2) is 10.8. The number of aliphatic hydroxyl groups excluding tert-OH is 3. The molecule has 3 nitrogen and oxygen atoms in total. The summed E-state index contributed by atoms with van der Waals surface area (Å²) in [6, 6.07) is 4.36. The molecule has 0 unspecified atom stereocenters. The molecule has 148 valence electrons. The Morgan fingerprint density at radius 1 is 1.27 bits per heavy atom. The third-order valence-electron chi connectivity index (χ3n) is 5.30. The predicted molar refractivity (Wildman–Crippen MR) is 110 cm³/mol. The second-order valence-corrected chi connectivity index (χ2v) is 9.63. The first-order valence-electron chi connectivity index (χ1n) is 9.78. The van der Waals surface area contributed by atoms with Crippen LogP contribution in [0.3, 0.4) is 0 Å². The largest absolute Gasteiger partial charge is 0.393 e. The Morgan fingerprint density at radius 3 is 2.69 bits per heavy atom. The molecule has 0 aliphatic heterocycles. The molecule has 0 spiro atoms. The van der Waals surface area contributed by atoms with Crippen molar-refractivity contribution in [3.05, 3.63) is 34.0 Å². The molecule has 1 aliphatic carbocycles. The molecule has 0 radical (unpaired) electrons. The van der Waals surface area contributed by atoms with E-state index in [1.54, 1.807) is 13.0 Å².